The molecule has 2 aliphatic heterocycles. The summed E-state index contributed by atoms with van der Waals surface area (Å²) in [5.41, 5.74) is 1.70. The van der Waals surface area contributed by atoms with E-state index < -0.39 is 0 Å². The Hall–Kier alpha value is -2.16. The molecule has 9 heteroatoms. The fourth-order valence-electron chi connectivity index (χ4n) is 5.50. The SMILES string of the molecule is CC[C@H](CN1CC[C@@H](CNC(=O)c2ccc(Cl)c(Cl)c2)N[C@@H](CCN2CCC(O)CC2)C1=O)c1ccccc1. The third-order valence-corrected chi connectivity index (χ3v) is 8.72. The monoisotopic (exact) mass is 574 g/mol. The first-order chi connectivity index (χ1) is 18.8. The molecule has 4 rings (SSSR count). The van der Waals surface area contributed by atoms with Gasteiger partial charge in [0.15, 0.2) is 0 Å². The Balaban J connectivity index is 1.43. The summed E-state index contributed by atoms with van der Waals surface area (Å²) in [6, 6.07) is 14.9. The highest BCUT2D eigenvalue weighted by Crippen LogP contribution is 2.24. The Morgan fingerprint density at radius 2 is 1.82 bits per heavy atom. The van der Waals surface area contributed by atoms with Gasteiger partial charge in [-0.3, -0.25) is 9.59 Å². The topological polar surface area (TPSA) is 84.9 Å². The molecule has 2 saturated heterocycles. The van der Waals surface area contributed by atoms with Gasteiger partial charge in [0.05, 0.1) is 22.2 Å². The number of hydrogen-bond acceptors (Lipinski definition) is 5. The van der Waals surface area contributed by atoms with E-state index in [1.165, 1.54) is 5.56 Å². The molecule has 0 unspecified atom stereocenters. The molecule has 2 amide bonds. The predicted molar refractivity (Wildman–Crippen MR) is 156 cm³/mol. The third kappa shape index (κ3) is 8.41. The van der Waals surface area contributed by atoms with E-state index >= 15 is 0 Å². The molecule has 2 fully saturated rings. The molecule has 2 aromatic rings. The van der Waals surface area contributed by atoms with E-state index in [1.807, 2.05) is 11.0 Å². The van der Waals surface area contributed by atoms with Gasteiger partial charge in [0, 0.05) is 56.8 Å². The summed E-state index contributed by atoms with van der Waals surface area (Å²) in [7, 11) is 0. The minimum atomic E-state index is -0.334. The van der Waals surface area contributed by atoms with Crippen molar-refractivity contribution in [3.63, 3.8) is 0 Å². The van der Waals surface area contributed by atoms with Crippen LogP contribution in [0.2, 0.25) is 10.0 Å². The van der Waals surface area contributed by atoms with Gasteiger partial charge in [-0.1, -0.05) is 60.5 Å². The highest BCUT2D eigenvalue weighted by Gasteiger charge is 2.32. The van der Waals surface area contributed by atoms with Crippen LogP contribution in [0.4, 0.5) is 0 Å². The van der Waals surface area contributed by atoms with E-state index in [9.17, 15) is 14.7 Å². The van der Waals surface area contributed by atoms with Crippen molar-refractivity contribution in [1.82, 2.24) is 20.4 Å². The normalized spacial score (nSPS) is 21.9. The van der Waals surface area contributed by atoms with Gasteiger partial charge in [-0.2, -0.15) is 0 Å². The summed E-state index contributed by atoms with van der Waals surface area (Å²) in [6.45, 7) is 6.37. The first-order valence-electron chi connectivity index (χ1n) is 14.1. The van der Waals surface area contributed by atoms with Crippen molar-refractivity contribution in [3.8, 4) is 0 Å². The van der Waals surface area contributed by atoms with Crippen LogP contribution in [-0.2, 0) is 4.79 Å². The fourth-order valence-corrected chi connectivity index (χ4v) is 5.80. The number of aliphatic hydroxyl groups excluding tert-OH is 1. The Labute approximate surface area is 241 Å². The van der Waals surface area contributed by atoms with Crippen molar-refractivity contribution in [1.29, 1.82) is 0 Å². The maximum Gasteiger partial charge on any atom is 0.251 e. The van der Waals surface area contributed by atoms with Crippen molar-refractivity contribution in [2.45, 2.75) is 63.1 Å². The van der Waals surface area contributed by atoms with Crippen LogP contribution in [0.5, 0.6) is 0 Å². The van der Waals surface area contributed by atoms with E-state index in [0.29, 0.717) is 41.7 Å². The molecule has 0 radical (unpaired) electrons. The average molecular weight is 576 g/mol. The Bertz CT molecular complexity index is 1090. The summed E-state index contributed by atoms with van der Waals surface area (Å²) < 4.78 is 0. The molecule has 0 spiro atoms. The summed E-state index contributed by atoms with van der Waals surface area (Å²) >= 11 is 12.1. The lowest BCUT2D eigenvalue weighted by molar-refractivity contribution is -0.133. The number of nitrogens with zero attached hydrogens (tertiary/aromatic N) is 2. The van der Waals surface area contributed by atoms with Crippen molar-refractivity contribution in [3.05, 3.63) is 69.7 Å². The van der Waals surface area contributed by atoms with Crippen molar-refractivity contribution >= 4 is 35.0 Å². The minimum Gasteiger partial charge on any atom is -0.393 e. The van der Waals surface area contributed by atoms with Gasteiger partial charge in [0.25, 0.3) is 5.91 Å². The number of amides is 2. The number of nitrogens with one attached hydrogen (secondary N) is 2. The minimum absolute atomic E-state index is 0.0457. The molecule has 7 nitrogen and oxygen atoms in total. The Morgan fingerprint density at radius 3 is 2.51 bits per heavy atom. The van der Waals surface area contributed by atoms with E-state index in [2.05, 4.69) is 46.7 Å². The molecule has 212 valence electrons. The fraction of sp³-hybridized carbons (Fsp3) is 0.533. The Kier molecular flexibility index (Phi) is 11.1. The van der Waals surface area contributed by atoms with Gasteiger partial charge in [-0.25, -0.2) is 0 Å². The second-order valence-electron chi connectivity index (χ2n) is 10.7. The summed E-state index contributed by atoms with van der Waals surface area (Å²) in [5, 5.41) is 17.2. The van der Waals surface area contributed by atoms with Crippen molar-refractivity contribution < 1.29 is 14.7 Å². The van der Waals surface area contributed by atoms with Crippen molar-refractivity contribution in [2.24, 2.45) is 0 Å². The lowest BCUT2D eigenvalue weighted by atomic mass is 9.95. The molecule has 39 heavy (non-hydrogen) atoms. The average Bonchev–Trinajstić information content (AvgIpc) is 3.10. The van der Waals surface area contributed by atoms with Gasteiger partial charge in [0.2, 0.25) is 5.91 Å². The van der Waals surface area contributed by atoms with Crippen LogP contribution in [0.1, 0.15) is 60.9 Å². The number of piperidine rings is 1. The van der Waals surface area contributed by atoms with Crippen LogP contribution in [-0.4, -0.2) is 84.2 Å². The van der Waals surface area contributed by atoms with Gasteiger partial charge in [-0.05, 0) is 55.9 Å². The standard InChI is InChI=1S/C30H40Cl2N4O3/c1-2-21(22-6-4-3-5-7-22)20-36-17-10-24(19-33-29(38)23-8-9-26(31)27(32)18-23)34-28(30(36)39)13-16-35-14-11-25(37)12-15-35/h3-9,18,21,24-25,28,34,37H,2,10-17,19-20H2,1H3,(H,33,38)/t21-,24+,28+/m1/s1. The molecular formula is C30H40Cl2N4O3. The lowest BCUT2D eigenvalue weighted by Gasteiger charge is -2.32. The second-order valence-corrected chi connectivity index (χ2v) is 11.5. The molecule has 0 bridgehead atoms. The van der Waals surface area contributed by atoms with Gasteiger partial charge in [0.1, 0.15) is 0 Å². The Morgan fingerprint density at radius 1 is 1.08 bits per heavy atom. The van der Waals surface area contributed by atoms with Gasteiger partial charge >= 0.3 is 0 Å². The third-order valence-electron chi connectivity index (χ3n) is 7.98. The molecule has 0 aliphatic carbocycles. The first-order valence-corrected chi connectivity index (χ1v) is 14.8. The van der Waals surface area contributed by atoms with E-state index in [4.69, 9.17) is 23.2 Å². The van der Waals surface area contributed by atoms with Gasteiger partial charge < -0.3 is 25.5 Å². The maximum absolute atomic E-state index is 13.8. The zero-order valence-corrected chi connectivity index (χ0v) is 24.1. The van der Waals surface area contributed by atoms with Crippen LogP contribution in [0.25, 0.3) is 0 Å². The van der Waals surface area contributed by atoms with Crippen molar-refractivity contribution in [2.75, 3.05) is 39.3 Å². The summed E-state index contributed by atoms with van der Waals surface area (Å²) in [6.07, 6.45) is 3.70. The molecule has 3 N–H and O–H groups in total. The van der Waals surface area contributed by atoms with Crippen LogP contribution < -0.4 is 10.6 Å². The highest BCUT2D eigenvalue weighted by atomic mass is 35.5. The molecule has 0 aromatic heterocycles. The molecule has 0 saturated carbocycles. The number of benzene rings is 2. The van der Waals surface area contributed by atoms with Crippen LogP contribution in [0, 0.1) is 0 Å². The summed E-state index contributed by atoms with van der Waals surface area (Å²) in [4.78, 5) is 31.0. The van der Waals surface area contributed by atoms with E-state index in [1.54, 1.807) is 18.2 Å². The zero-order chi connectivity index (χ0) is 27.8. The maximum atomic E-state index is 13.8. The second kappa shape index (κ2) is 14.5. The summed E-state index contributed by atoms with van der Waals surface area (Å²) in [5.74, 6) is 0.173. The number of rotatable bonds is 10. The van der Waals surface area contributed by atoms with E-state index in [0.717, 1.165) is 45.3 Å². The van der Waals surface area contributed by atoms with E-state index in [-0.39, 0.29) is 35.9 Å². The smallest absolute Gasteiger partial charge is 0.251 e. The number of carbonyl (C=O) groups excluding carboxylic acids is 2. The molecular weight excluding hydrogens is 535 g/mol. The van der Waals surface area contributed by atoms with Crippen LogP contribution in [0.3, 0.4) is 0 Å². The lowest BCUT2D eigenvalue weighted by Crippen LogP contribution is -2.50. The molecule has 2 aliphatic rings. The largest absolute Gasteiger partial charge is 0.393 e. The number of aliphatic hydroxyl groups is 1. The van der Waals surface area contributed by atoms with Crippen LogP contribution >= 0.6 is 23.2 Å². The highest BCUT2D eigenvalue weighted by molar-refractivity contribution is 6.42. The predicted octanol–water partition coefficient (Wildman–Crippen LogP) is 4.32. The number of carbonyl (C=O) groups is 2. The number of halogens is 2. The first kappa shape index (κ1) is 29.8. The quantitative estimate of drug-likeness (QED) is 0.393. The molecule has 3 atom stereocenters. The molecule has 2 heterocycles. The molecule has 2 aromatic carbocycles. The number of likely N-dealkylation sites (tertiary alicyclic amines) is 1. The number of hydrogen-bond donors (Lipinski definition) is 3. The van der Waals surface area contributed by atoms with Gasteiger partial charge in [-0.15, -0.1) is 0 Å². The van der Waals surface area contributed by atoms with Crippen LogP contribution in [0.15, 0.2) is 48.5 Å². The zero-order valence-electron chi connectivity index (χ0n) is 22.6.